The van der Waals surface area contributed by atoms with Crippen molar-refractivity contribution in [1.82, 2.24) is 0 Å². The van der Waals surface area contributed by atoms with Crippen molar-refractivity contribution in [3.05, 3.63) is 44.2 Å². The maximum atomic E-state index is 12.1. The van der Waals surface area contributed by atoms with E-state index in [1.165, 1.54) is 11.0 Å². The van der Waals surface area contributed by atoms with Crippen molar-refractivity contribution in [2.45, 2.75) is 6.18 Å². The number of rotatable bonds is 0. The summed E-state index contributed by atoms with van der Waals surface area (Å²) < 4.78 is 36.5. The van der Waals surface area contributed by atoms with Crippen LogP contribution in [0, 0.1) is 0 Å². The molecule has 4 nitrogen and oxygen atoms in total. The third-order valence-corrected chi connectivity index (χ3v) is 1.71. The van der Waals surface area contributed by atoms with Crippen molar-refractivity contribution < 1.29 is 13.2 Å². The van der Waals surface area contributed by atoms with E-state index in [9.17, 15) is 13.2 Å². The van der Waals surface area contributed by atoms with E-state index in [2.05, 4.69) is 15.9 Å². The van der Waals surface area contributed by atoms with Crippen molar-refractivity contribution in [3.63, 3.8) is 0 Å². The minimum atomic E-state index is -4.34. The Balaban J connectivity index is 0.000000583. The third-order valence-electron chi connectivity index (χ3n) is 1.25. The zero-order valence-electron chi connectivity index (χ0n) is 7.16. The van der Waals surface area contributed by atoms with Gasteiger partial charge in [0.15, 0.2) is 0 Å². The largest absolute Gasteiger partial charge is 0.416 e. The van der Waals surface area contributed by atoms with Gasteiger partial charge in [0.05, 0.1) is 5.56 Å². The van der Waals surface area contributed by atoms with Gasteiger partial charge in [0.25, 0.3) is 0 Å². The summed E-state index contributed by atoms with van der Waals surface area (Å²) in [6.45, 7) is 0. The smallest absolute Gasteiger partial charge is 0.399 e. The zero-order chi connectivity index (χ0) is 12.1. The van der Waals surface area contributed by atoms with Gasteiger partial charge in [-0.25, -0.2) is 0 Å². The number of halogens is 4. The number of hydrogen-bond acceptors (Lipinski definition) is 1. The van der Waals surface area contributed by atoms with Gasteiger partial charge >= 0.3 is 6.18 Å². The fraction of sp³-hybridized carbons (Fsp3) is 0.143. The molecule has 0 atom stereocenters. The Morgan fingerprint density at radius 2 is 1.67 bits per heavy atom. The molecule has 2 N–H and O–H groups in total. The Morgan fingerprint density at radius 1 is 1.20 bits per heavy atom. The molecular formula is C7H5BrF3N4-. The van der Waals surface area contributed by atoms with Crippen LogP contribution in [0.3, 0.4) is 0 Å². The molecule has 1 aromatic carbocycles. The molecule has 0 bridgehead atoms. The Hall–Kier alpha value is -1.40. The van der Waals surface area contributed by atoms with Gasteiger partial charge in [-0.2, -0.15) is 13.2 Å². The standard InChI is InChI=1S/C7H5BrF3N.N3/c8-5-1-4(7(9,10)11)2-6(12)3-5;1-3-2/h1-3H,12H2;/q;-1. The highest BCUT2D eigenvalue weighted by Gasteiger charge is 2.30. The number of hydrogen-bond donors (Lipinski definition) is 1. The molecule has 82 valence electrons. The fourth-order valence-corrected chi connectivity index (χ4v) is 1.29. The first-order chi connectivity index (χ1) is 6.81. The first-order valence-corrected chi connectivity index (χ1v) is 4.22. The molecular weight excluding hydrogens is 277 g/mol. The van der Waals surface area contributed by atoms with Crippen LogP contribution in [0.5, 0.6) is 0 Å². The second kappa shape index (κ2) is 5.47. The van der Waals surface area contributed by atoms with Crippen LogP contribution in [0.15, 0.2) is 22.7 Å². The summed E-state index contributed by atoms with van der Waals surface area (Å²) in [6, 6.07) is 3.29. The maximum absolute atomic E-state index is 12.1. The molecule has 0 fully saturated rings. The second-order valence-corrected chi connectivity index (χ2v) is 3.28. The second-order valence-electron chi connectivity index (χ2n) is 2.36. The van der Waals surface area contributed by atoms with Crippen LogP contribution in [0.2, 0.25) is 0 Å². The van der Waals surface area contributed by atoms with Gasteiger partial charge < -0.3 is 16.8 Å². The molecule has 0 spiro atoms. The molecule has 0 unspecified atom stereocenters. The highest BCUT2D eigenvalue weighted by atomic mass is 79.9. The van der Waals surface area contributed by atoms with Gasteiger partial charge in [-0.1, -0.05) is 15.9 Å². The van der Waals surface area contributed by atoms with Crippen molar-refractivity contribution in [2.24, 2.45) is 0 Å². The van der Waals surface area contributed by atoms with E-state index >= 15 is 0 Å². The Bertz CT molecular complexity index is 351. The summed E-state index contributed by atoms with van der Waals surface area (Å²) in [6.07, 6.45) is -4.34. The van der Waals surface area contributed by atoms with Gasteiger partial charge in [-0.05, 0) is 18.2 Å². The zero-order valence-corrected chi connectivity index (χ0v) is 8.75. The summed E-state index contributed by atoms with van der Waals surface area (Å²) in [7, 11) is 0. The first kappa shape index (κ1) is 13.6. The van der Waals surface area contributed by atoms with E-state index in [0.29, 0.717) is 4.47 Å². The van der Waals surface area contributed by atoms with Crippen LogP contribution >= 0.6 is 15.9 Å². The summed E-state index contributed by atoms with van der Waals surface area (Å²) >= 11 is 2.93. The molecule has 1 rings (SSSR count). The molecule has 8 heteroatoms. The van der Waals surface area contributed by atoms with E-state index in [4.69, 9.17) is 16.8 Å². The number of nitrogen functional groups attached to an aromatic ring is 1. The molecule has 15 heavy (non-hydrogen) atoms. The molecule has 0 heterocycles. The van der Waals surface area contributed by atoms with E-state index < -0.39 is 11.7 Å². The number of nitrogens with two attached hydrogens (primary N) is 1. The van der Waals surface area contributed by atoms with Crippen LogP contribution in [0.4, 0.5) is 18.9 Å². The Labute approximate surface area is 91.4 Å². The minimum absolute atomic E-state index is 0.0942. The lowest BCUT2D eigenvalue weighted by molar-refractivity contribution is -0.137. The maximum Gasteiger partial charge on any atom is 0.416 e. The molecule has 0 radical (unpaired) electrons. The predicted molar refractivity (Wildman–Crippen MR) is 53.6 cm³/mol. The van der Waals surface area contributed by atoms with Crippen LogP contribution in [-0.2, 0) is 6.18 Å². The average molecular weight is 282 g/mol. The molecule has 1 aromatic rings. The van der Waals surface area contributed by atoms with E-state index in [1.54, 1.807) is 0 Å². The number of anilines is 1. The summed E-state index contributed by atoms with van der Waals surface area (Å²) in [5.74, 6) is 0. The lowest BCUT2D eigenvalue weighted by atomic mass is 10.2. The Morgan fingerprint density at radius 3 is 2.00 bits per heavy atom. The van der Waals surface area contributed by atoms with E-state index in [0.717, 1.165) is 12.1 Å². The highest BCUT2D eigenvalue weighted by Crippen LogP contribution is 2.32. The van der Waals surface area contributed by atoms with Gasteiger partial charge in [-0.3, -0.25) is 4.91 Å². The summed E-state index contributed by atoms with van der Waals surface area (Å²) in [5.41, 5.74) is 18.1. The molecule has 0 aliphatic heterocycles. The number of benzene rings is 1. The highest BCUT2D eigenvalue weighted by molar-refractivity contribution is 9.10. The molecule has 0 saturated carbocycles. The van der Waals surface area contributed by atoms with Crippen LogP contribution in [-0.4, -0.2) is 0 Å². The van der Waals surface area contributed by atoms with Gasteiger partial charge in [-0.15, -0.1) is 0 Å². The molecule has 0 amide bonds. The SMILES string of the molecule is Nc1cc(Br)cc(C(F)(F)F)c1.[N-]=[N+]=[N-]. The minimum Gasteiger partial charge on any atom is -0.399 e. The lowest BCUT2D eigenvalue weighted by Crippen LogP contribution is -2.05. The van der Waals surface area contributed by atoms with Gasteiger partial charge in [0, 0.05) is 10.2 Å². The number of alkyl halides is 3. The van der Waals surface area contributed by atoms with Crippen LogP contribution < -0.4 is 5.73 Å². The van der Waals surface area contributed by atoms with E-state index in [-0.39, 0.29) is 5.69 Å². The topological polar surface area (TPSA) is 84.7 Å². The molecule has 0 aromatic heterocycles. The quantitative estimate of drug-likeness (QED) is 0.332. The molecule has 0 saturated heterocycles. The Kier molecular flexibility index (Phi) is 4.96. The van der Waals surface area contributed by atoms with Gasteiger partial charge in [0.2, 0.25) is 0 Å². The van der Waals surface area contributed by atoms with Crippen molar-refractivity contribution in [3.8, 4) is 0 Å². The normalized spacial score (nSPS) is 9.87. The van der Waals surface area contributed by atoms with Crippen LogP contribution in [0.1, 0.15) is 5.56 Å². The molecule has 0 aliphatic carbocycles. The number of nitrogens with zero attached hydrogens (tertiary/aromatic N) is 3. The van der Waals surface area contributed by atoms with Crippen molar-refractivity contribution in [1.29, 1.82) is 0 Å². The van der Waals surface area contributed by atoms with Gasteiger partial charge in [0.1, 0.15) is 0 Å². The lowest BCUT2D eigenvalue weighted by Gasteiger charge is -2.07. The average Bonchev–Trinajstić information content (AvgIpc) is 2.01. The predicted octanol–water partition coefficient (Wildman–Crippen LogP) is 3.92. The monoisotopic (exact) mass is 281 g/mol. The molecule has 0 aliphatic rings. The van der Waals surface area contributed by atoms with Crippen molar-refractivity contribution in [2.75, 3.05) is 5.73 Å². The van der Waals surface area contributed by atoms with E-state index in [1.807, 2.05) is 0 Å². The first-order valence-electron chi connectivity index (χ1n) is 3.43. The summed E-state index contributed by atoms with van der Waals surface area (Å²) in [5, 5.41) is 0. The summed E-state index contributed by atoms with van der Waals surface area (Å²) in [4.78, 5) is 1.50. The van der Waals surface area contributed by atoms with Crippen molar-refractivity contribution >= 4 is 21.6 Å². The van der Waals surface area contributed by atoms with Crippen LogP contribution in [0.25, 0.3) is 16.0 Å². The fourth-order valence-electron chi connectivity index (χ4n) is 0.776. The third kappa shape index (κ3) is 5.14.